The highest BCUT2D eigenvalue weighted by Gasteiger charge is 2.32. The minimum absolute atomic E-state index is 0.226. The Labute approximate surface area is 130 Å². The van der Waals surface area contributed by atoms with E-state index in [1.165, 1.54) is 17.3 Å². The number of carboxylic acid groups (broad SMARTS) is 1. The van der Waals surface area contributed by atoms with Crippen molar-refractivity contribution in [2.45, 2.75) is 33.2 Å². The number of aliphatic carboxylic acids is 1. The molecule has 1 aromatic rings. The number of aryl methyl sites for hydroxylation is 1. The van der Waals surface area contributed by atoms with Crippen LogP contribution in [0.5, 0.6) is 0 Å². The number of carbonyl (C=O) groups excluding carboxylic acids is 1. The minimum atomic E-state index is -0.995. The molecule has 21 heavy (non-hydrogen) atoms. The van der Waals surface area contributed by atoms with Crippen LogP contribution >= 0.6 is 11.8 Å². The predicted octanol–water partition coefficient (Wildman–Crippen LogP) is 2.58. The zero-order chi connectivity index (χ0) is 15.9. The van der Waals surface area contributed by atoms with Crippen molar-refractivity contribution in [3.05, 3.63) is 35.9 Å². The molecule has 1 atom stereocenters. The van der Waals surface area contributed by atoms with E-state index in [1.807, 2.05) is 18.2 Å². The van der Waals surface area contributed by atoms with E-state index >= 15 is 0 Å². The van der Waals surface area contributed by atoms with E-state index in [0.29, 0.717) is 0 Å². The number of rotatable bonds is 7. The molecule has 4 nitrogen and oxygen atoms in total. The van der Waals surface area contributed by atoms with Crippen molar-refractivity contribution < 1.29 is 14.7 Å². The van der Waals surface area contributed by atoms with Gasteiger partial charge in [-0.15, -0.1) is 0 Å². The first kappa shape index (κ1) is 17.6. The second-order valence-corrected chi connectivity index (χ2v) is 7.10. The lowest BCUT2D eigenvalue weighted by Gasteiger charge is -2.27. The van der Waals surface area contributed by atoms with E-state index in [0.717, 1.165) is 12.2 Å². The fraction of sp³-hybridized carbons (Fsp3) is 0.500. The van der Waals surface area contributed by atoms with E-state index < -0.39 is 17.4 Å². The largest absolute Gasteiger partial charge is 0.480 e. The third-order valence-electron chi connectivity index (χ3n) is 3.03. The Morgan fingerprint density at radius 3 is 2.38 bits per heavy atom. The number of hydrogen-bond donors (Lipinski definition) is 2. The quantitative estimate of drug-likeness (QED) is 0.760. The molecule has 0 radical (unpaired) electrons. The fourth-order valence-electron chi connectivity index (χ4n) is 1.85. The molecular weight excluding hydrogens is 286 g/mol. The van der Waals surface area contributed by atoms with Gasteiger partial charge in [0, 0.05) is 0 Å². The molecule has 0 aliphatic heterocycles. The molecule has 0 aliphatic carbocycles. The molecule has 2 N–H and O–H groups in total. The van der Waals surface area contributed by atoms with Gasteiger partial charge in [0.2, 0.25) is 5.91 Å². The highest BCUT2D eigenvalue weighted by atomic mass is 32.2. The summed E-state index contributed by atoms with van der Waals surface area (Å²) in [7, 11) is 0. The number of thioether (sulfide) groups is 1. The van der Waals surface area contributed by atoms with E-state index in [-0.39, 0.29) is 11.7 Å². The molecule has 0 bridgehead atoms. The summed E-state index contributed by atoms with van der Waals surface area (Å²) in [6.07, 6.45) is 0.903. The molecule has 1 aromatic carbocycles. The summed E-state index contributed by atoms with van der Waals surface area (Å²) in [6, 6.07) is 9.21. The van der Waals surface area contributed by atoms with Crippen LogP contribution in [0.25, 0.3) is 0 Å². The maximum Gasteiger partial charge on any atom is 0.326 e. The maximum atomic E-state index is 11.8. The number of carbonyl (C=O) groups is 2. The fourth-order valence-corrected chi connectivity index (χ4v) is 2.64. The van der Waals surface area contributed by atoms with Crippen LogP contribution in [-0.4, -0.2) is 34.5 Å². The first-order valence-electron chi connectivity index (χ1n) is 6.94. The van der Waals surface area contributed by atoms with Crippen molar-refractivity contribution in [3.63, 3.8) is 0 Å². The zero-order valence-electron chi connectivity index (χ0n) is 12.8. The number of amides is 1. The molecular formula is C16H23NO3S. The SMILES string of the molecule is CC(C)(C)[C@@H](NC(=O)CSCCc1ccccc1)C(=O)O. The van der Waals surface area contributed by atoms with E-state index in [2.05, 4.69) is 17.4 Å². The highest BCUT2D eigenvalue weighted by molar-refractivity contribution is 7.99. The first-order chi connectivity index (χ1) is 9.80. The third-order valence-corrected chi connectivity index (χ3v) is 3.99. The molecule has 0 fully saturated rings. The Bertz CT molecular complexity index is 468. The van der Waals surface area contributed by atoms with Gasteiger partial charge in [0.1, 0.15) is 6.04 Å². The van der Waals surface area contributed by atoms with Crippen molar-refractivity contribution in [2.24, 2.45) is 5.41 Å². The highest BCUT2D eigenvalue weighted by Crippen LogP contribution is 2.19. The van der Waals surface area contributed by atoms with Crippen LogP contribution < -0.4 is 5.32 Å². The topological polar surface area (TPSA) is 66.4 Å². The Hall–Kier alpha value is -1.49. The van der Waals surface area contributed by atoms with E-state index in [9.17, 15) is 9.59 Å². The van der Waals surface area contributed by atoms with Crippen molar-refractivity contribution in [3.8, 4) is 0 Å². The lowest BCUT2D eigenvalue weighted by molar-refractivity contribution is -0.144. The number of hydrogen-bond acceptors (Lipinski definition) is 3. The van der Waals surface area contributed by atoms with Gasteiger partial charge in [-0.25, -0.2) is 4.79 Å². The van der Waals surface area contributed by atoms with E-state index in [1.54, 1.807) is 20.8 Å². The zero-order valence-corrected chi connectivity index (χ0v) is 13.6. The average Bonchev–Trinajstić information content (AvgIpc) is 2.40. The van der Waals surface area contributed by atoms with Crippen molar-refractivity contribution in [1.82, 2.24) is 5.32 Å². The van der Waals surface area contributed by atoms with Crippen molar-refractivity contribution in [2.75, 3.05) is 11.5 Å². The van der Waals surface area contributed by atoms with Gasteiger partial charge in [-0.2, -0.15) is 11.8 Å². The van der Waals surface area contributed by atoms with Crippen molar-refractivity contribution in [1.29, 1.82) is 0 Å². The van der Waals surface area contributed by atoms with Gasteiger partial charge >= 0.3 is 5.97 Å². The van der Waals surface area contributed by atoms with Crippen LogP contribution in [0.4, 0.5) is 0 Å². The van der Waals surface area contributed by atoms with E-state index in [4.69, 9.17) is 5.11 Å². The maximum absolute atomic E-state index is 11.8. The number of benzene rings is 1. The molecule has 0 saturated heterocycles. The number of nitrogens with one attached hydrogen (secondary N) is 1. The Balaban J connectivity index is 2.32. The van der Waals surface area contributed by atoms with Gasteiger partial charge in [0.05, 0.1) is 5.75 Å². The smallest absolute Gasteiger partial charge is 0.326 e. The summed E-state index contributed by atoms with van der Waals surface area (Å²) < 4.78 is 0. The second-order valence-electron chi connectivity index (χ2n) is 5.99. The molecule has 0 heterocycles. The summed E-state index contributed by atoms with van der Waals surface area (Å²) in [5.41, 5.74) is 0.736. The molecule has 116 valence electrons. The second kappa shape index (κ2) is 8.08. The number of carboxylic acids is 1. The summed E-state index contributed by atoms with van der Waals surface area (Å²) in [5.74, 6) is -0.0993. The van der Waals surface area contributed by atoms with Crippen LogP contribution in [0.1, 0.15) is 26.3 Å². The molecule has 5 heteroatoms. The molecule has 0 spiro atoms. The van der Waals surface area contributed by atoms with Crippen LogP contribution in [0.3, 0.4) is 0 Å². The van der Waals surface area contributed by atoms with Crippen LogP contribution in [0.15, 0.2) is 30.3 Å². The van der Waals surface area contributed by atoms with Gasteiger partial charge in [-0.3, -0.25) is 4.79 Å². The normalized spacial score (nSPS) is 12.7. The standard InChI is InChI=1S/C16H23NO3S/c1-16(2,3)14(15(19)20)17-13(18)11-21-10-9-12-7-5-4-6-8-12/h4-8,14H,9-11H2,1-3H3,(H,17,18)(H,19,20)/t14-/m0/s1. The molecule has 0 aromatic heterocycles. The van der Waals surface area contributed by atoms with Crippen LogP contribution in [0, 0.1) is 5.41 Å². The van der Waals surface area contributed by atoms with Crippen LogP contribution in [-0.2, 0) is 16.0 Å². The van der Waals surface area contributed by atoms with Gasteiger partial charge in [0.15, 0.2) is 0 Å². The molecule has 0 unspecified atom stereocenters. The summed E-state index contributed by atoms with van der Waals surface area (Å²) >= 11 is 1.52. The van der Waals surface area contributed by atoms with Crippen LogP contribution in [0.2, 0.25) is 0 Å². The van der Waals surface area contributed by atoms with Crippen molar-refractivity contribution >= 4 is 23.6 Å². The summed E-state index contributed by atoms with van der Waals surface area (Å²) in [5, 5.41) is 11.8. The minimum Gasteiger partial charge on any atom is -0.480 e. The Morgan fingerprint density at radius 2 is 1.86 bits per heavy atom. The molecule has 1 rings (SSSR count). The first-order valence-corrected chi connectivity index (χ1v) is 8.10. The van der Waals surface area contributed by atoms with Gasteiger partial charge in [-0.05, 0) is 23.2 Å². The third kappa shape index (κ3) is 6.67. The Morgan fingerprint density at radius 1 is 1.24 bits per heavy atom. The molecule has 0 saturated carbocycles. The summed E-state index contributed by atoms with van der Waals surface area (Å²) in [4.78, 5) is 23.0. The van der Waals surface area contributed by atoms with Gasteiger partial charge < -0.3 is 10.4 Å². The monoisotopic (exact) mass is 309 g/mol. The van der Waals surface area contributed by atoms with Gasteiger partial charge in [0.25, 0.3) is 0 Å². The molecule has 0 aliphatic rings. The Kier molecular flexibility index (Phi) is 6.75. The predicted molar refractivity (Wildman–Crippen MR) is 86.5 cm³/mol. The van der Waals surface area contributed by atoms with Gasteiger partial charge in [-0.1, -0.05) is 51.1 Å². The lowest BCUT2D eigenvalue weighted by Crippen LogP contribution is -2.49. The molecule has 1 amide bonds. The summed E-state index contributed by atoms with van der Waals surface area (Å²) in [6.45, 7) is 5.40. The lowest BCUT2D eigenvalue weighted by atomic mass is 9.87. The average molecular weight is 309 g/mol.